The van der Waals surface area contributed by atoms with Gasteiger partial charge in [0.1, 0.15) is 5.78 Å². The zero-order chi connectivity index (χ0) is 17.1. The second kappa shape index (κ2) is 7.12. The molecule has 0 aliphatic heterocycles. The van der Waals surface area contributed by atoms with Crippen LogP contribution in [0.2, 0.25) is 0 Å². The summed E-state index contributed by atoms with van der Waals surface area (Å²) in [5.41, 5.74) is 5.61. The van der Waals surface area contributed by atoms with Crippen molar-refractivity contribution in [3.63, 3.8) is 0 Å². The van der Waals surface area contributed by atoms with Crippen LogP contribution in [-0.4, -0.2) is 16.9 Å². The lowest BCUT2D eigenvalue weighted by Crippen LogP contribution is -2.27. The van der Waals surface area contributed by atoms with Crippen molar-refractivity contribution in [3.05, 3.63) is 46.5 Å². The van der Waals surface area contributed by atoms with Crippen molar-refractivity contribution < 1.29 is 14.7 Å². The number of hydrogen-bond donors (Lipinski definition) is 1. The Labute approximate surface area is 138 Å². The monoisotopic (exact) mass is 314 g/mol. The molecule has 1 fully saturated rings. The molecule has 0 bridgehead atoms. The molecule has 2 rings (SSSR count). The molecule has 1 aliphatic carbocycles. The first-order valence-electron chi connectivity index (χ1n) is 8.40. The fraction of sp³-hybridized carbons (Fsp3) is 0.500. The van der Waals surface area contributed by atoms with E-state index in [4.69, 9.17) is 0 Å². The quantitative estimate of drug-likeness (QED) is 0.810. The number of benzene rings is 1. The number of carbonyl (C=O) groups excluding carboxylic acids is 1. The molecule has 3 heteroatoms. The third-order valence-corrected chi connectivity index (χ3v) is 4.93. The summed E-state index contributed by atoms with van der Waals surface area (Å²) in [4.78, 5) is 24.2. The van der Waals surface area contributed by atoms with Crippen molar-refractivity contribution in [1.29, 1.82) is 0 Å². The van der Waals surface area contributed by atoms with Crippen LogP contribution in [0.4, 0.5) is 0 Å². The van der Waals surface area contributed by atoms with E-state index in [1.807, 2.05) is 0 Å². The summed E-state index contributed by atoms with van der Waals surface area (Å²) >= 11 is 0. The minimum absolute atomic E-state index is 0.0457. The van der Waals surface area contributed by atoms with Gasteiger partial charge in [-0.3, -0.25) is 9.59 Å². The van der Waals surface area contributed by atoms with Gasteiger partial charge in [0.2, 0.25) is 0 Å². The minimum atomic E-state index is -0.877. The van der Waals surface area contributed by atoms with Crippen LogP contribution in [0, 0.1) is 18.8 Å². The van der Waals surface area contributed by atoms with Gasteiger partial charge < -0.3 is 5.11 Å². The number of Topliss-reactive ketones (excluding diaryl/α,β-unsaturated/α-hetero) is 1. The molecule has 1 aliphatic rings. The van der Waals surface area contributed by atoms with E-state index in [9.17, 15) is 14.7 Å². The zero-order valence-electron chi connectivity index (χ0n) is 14.3. The van der Waals surface area contributed by atoms with Crippen molar-refractivity contribution in [3.8, 4) is 0 Å². The normalized spacial score (nSPS) is 20.7. The molecule has 23 heavy (non-hydrogen) atoms. The molecule has 0 amide bonds. The maximum atomic E-state index is 12.8. The second-order valence-electron chi connectivity index (χ2n) is 6.62. The minimum Gasteiger partial charge on any atom is -0.481 e. The van der Waals surface area contributed by atoms with E-state index in [1.54, 1.807) is 0 Å². The van der Waals surface area contributed by atoms with Gasteiger partial charge in [-0.25, -0.2) is 0 Å². The molecule has 1 aromatic carbocycles. The van der Waals surface area contributed by atoms with Gasteiger partial charge in [0, 0.05) is 12.3 Å². The Hall–Kier alpha value is -1.90. The van der Waals surface area contributed by atoms with Gasteiger partial charge in [-0.15, -0.1) is 0 Å². The number of rotatable bonds is 6. The Balaban J connectivity index is 2.30. The predicted octanol–water partition coefficient (Wildman–Crippen LogP) is 3.90. The van der Waals surface area contributed by atoms with Gasteiger partial charge >= 0.3 is 5.97 Å². The summed E-state index contributed by atoms with van der Waals surface area (Å²) in [6.45, 7) is 10.2. The predicted molar refractivity (Wildman–Crippen MR) is 91.6 cm³/mol. The third-order valence-electron chi connectivity index (χ3n) is 4.93. The molecule has 0 unspecified atom stereocenters. The zero-order valence-corrected chi connectivity index (χ0v) is 14.3. The lowest BCUT2D eigenvalue weighted by molar-refractivity contribution is -0.145. The Kier molecular flexibility index (Phi) is 5.40. The molecule has 0 heterocycles. The van der Waals surface area contributed by atoms with Crippen LogP contribution in [0.15, 0.2) is 24.3 Å². The van der Waals surface area contributed by atoms with Crippen LogP contribution in [-0.2, 0) is 28.9 Å². The standard InChI is InChI=1S/C20H26O3/c1-5-14-7-12(3)8-15(6-2)16(14)11-19(21)17-9-13(4)10-18(17)20(22)23/h7-8,17-18H,4-6,9-11H2,1-3H3,(H,22,23)/t17-,18-/m0/s1. The molecule has 0 radical (unpaired) electrons. The average Bonchev–Trinajstić information content (AvgIpc) is 2.90. The van der Waals surface area contributed by atoms with Crippen LogP contribution in [0.25, 0.3) is 0 Å². The summed E-state index contributed by atoms with van der Waals surface area (Å²) in [6, 6.07) is 4.29. The number of aryl methyl sites for hydroxylation is 3. The Morgan fingerprint density at radius 3 is 2.13 bits per heavy atom. The van der Waals surface area contributed by atoms with Gasteiger partial charge in [-0.1, -0.05) is 43.7 Å². The highest BCUT2D eigenvalue weighted by molar-refractivity contribution is 5.89. The molecule has 0 aromatic heterocycles. The van der Waals surface area contributed by atoms with E-state index in [1.165, 1.54) is 16.7 Å². The van der Waals surface area contributed by atoms with Crippen molar-refractivity contribution in [2.45, 2.75) is 52.9 Å². The summed E-state index contributed by atoms with van der Waals surface area (Å²) in [6.07, 6.45) is 3.06. The van der Waals surface area contributed by atoms with E-state index in [-0.39, 0.29) is 5.78 Å². The molecule has 1 aromatic rings. The molecule has 0 saturated heterocycles. The molecular weight excluding hydrogens is 288 g/mol. The Bertz CT molecular complexity index is 617. The topological polar surface area (TPSA) is 54.4 Å². The summed E-state index contributed by atoms with van der Waals surface area (Å²) in [7, 11) is 0. The number of allylic oxidation sites excluding steroid dienone is 1. The molecule has 1 saturated carbocycles. The highest BCUT2D eigenvalue weighted by Crippen LogP contribution is 2.37. The van der Waals surface area contributed by atoms with Crippen LogP contribution < -0.4 is 0 Å². The Morgan fingerprint density at radius 2 is 1.65 bits per heavy atom. The summed E-state index contributed by atoms with van der Waals surface area (Å²) < 4.78 is 0. The number of hydrogen-bond acceptors (Lipinski definition) is 2. The van der Waals surface area contributed by atoms with Crippen molar-refractivity contribution in [1.82, 2.24) is 0 Å². The second-order valence-corrected chi connectivity index (χ2v) is 6.62. The van der Waals surface area contributed by atoms with Gasteiger partial charge in [0.05, 0.1) is 5.92 Å². The number of carboxylic acid groups (broad SMARTS) is 1. The summed E-state index contributed by atoms with van der Waals surface area (Å²) in [5.74, 6) is -1.85. The number of aliphatic carboxylic acids is 1. The van der Waals surface area contributed by atoms with Gasteiger partial charge in [0.15, 0.2) is 0 Å². The third kappa shape index (κ3) is 3.72. The van der Waals surface area contributed by atoms with Crippen molar-refractivity contribution in [2.24, 2.45) is 11.8 Å². The number of carbonyl (C=O) groups is 2. The molecule has 0 spiro atoms. The lowest BCUT2D eigenvalue weighted by atomic mass is 9.85. The van der Waals surface area contributed by atoms with E-state index in [0.717, 1.165) is 24.0 Å². The first-order valence-corrected chi connectivity index (χ1v) is 8.40. The SMILES string of the molecule is C=C1C[C@H](C(=O)O)[C@@H](C(=O)Cc2c(CC)cc(C)cc2CC)C1. The molecule has 124 valence electrons. The Morgan fingerprint density at radius 1 is 1.13 bits per heavy atom. The lowest BCUT2D eigenvalue weighted by Gasteiger charge is -2.18. The number of carboxylic acids is 1. The molecular formula is C20H26O3. The van der Waals surface area contributed by atoms with Crippen LogP contribution >= 0.6 is 0 Å². The fourth-order valence-corrected chi connectivity index (χ4v) is 3.72. The maximum Gasteiger partial charge on any atom is 0.307 e. The fourth-order valence-electron chi connectivity index (χ4n) is 3.72. The van der Waals surface area contributed by atoms with Crippen LogP contribution in [0.3, 0.4) is 0 Å². The van der Waals surface area contributed by atoms with Gasteiger partial charge in [0.25, 0.3) is 0 Å². The molecule has 2 atom stereocenters. The van der Waals surface area contributed by atoms with Crippen molar-refractivity contribution >= 4 is 11.8 Å². The maximum absolute atomic E-state index is 12.8. The highest BCUT2D eigenvalue weighted by atomic mass is 16.4. The van der Waals surface area contributed by atoms with Gasteiger partial charge in [-0.2, -0.15) is 0 Å². The van der Waals surface area contributed by atoms with E-state index in [0.29, 0.717) is 19.3 Å². The first-order chi connectivity index (χ1) is 10.9. The number of ketones is 1. The van der Waals surface area contributed by atoms with Crippen LogP contribution in [0.1, 0.15) is 48.9 Å². The van der Waals surface area contributed by atoms with Crippen LogP contribution in [0.5, 0.6) is 0 Å². The first kappa shape index (κ1) is 17.5. The smallest absolute Gasteiger partial charge is 0.307 e. The largest absolute Gasteiger partial charge is 0.481 e. The molecule has 3 nitrogen and oxygen atoms in total. The van der Waals surface area contributed by atoms with Crippen molar-refractivity contribution in [2.75, 3.05) is 0 Å². The average molecular weight is 314 g/mol. The van der Waals surface area contributed by atoms with E-state index in [2.05, 4.69) is 39.5 Å². The van der Waals surface area contributed by atoms with Gasteiger partial charge in [-0.05, 0) is 49.3 Å². The van der Waals surface area contributed by atoms with E-state index < -0.39 is 17.8 Å². The molecule has 1 N–H and O–H groups in total. The van der Waals surface area contributed by atoms with E-state index >= 15 is 0 Å². The summed E-state index contributed by atoms with van der Waals surface area (Å²) in [5, 5.41) is 9.36. The highest BCUT2D eigenvalue weighted by Gasteiger charge is 2.39.